The summed E-state index contributed by atoms with van der Waals surface area (Å²) in [6.45, 7) is 4.63. The summed E-state index contributed by atoms with van der Waals surface area (Å²) in [4.78, 5) is 26.9. The molecule has 2 aromatic heterocycles. The Morgan fingerprint density at radius 2 is 2.11 bits per heavy atom. The number of rotatable bonds is 11. The quantitative estimate of drug-likeness (QED) is 0.491. The molecule has 0 spiro atoms. The molecule has 1 fully saturated rings. The summed E-state index contributed by atoms with van der Waals surface area (Å²) in [5.74, 6) is 3.23. The van der Waals surface area contributed by atoms with Gasteiger partial charge in [0.05, 0.1) is 6.04 Å². The normalized spacial score (nSPS) is 15.1. The minimum atomic E-state index is -0.0929. The zero-order valence-electron chi connectivity index (χ0n) is 16.9. The van der Waals surface area contributed by atoms with Crippen LogP contribution in [-0.4, -0.2) is 40.4 Å². The fourth-order valence-corrected chi connectivity index (χ4v) is 3.99. The molecule has 0 saturated heterocycles. The third kappa shape index (κ3) is 5.48. The van der Waals surface area contributed by atoms with Gasteiger partial charge in [0.15, 0.2) is 5.13 Å². The zero-order chi connectivity index (χ0) is 19.9. The van der Waals surface area contributed by atoms with Crippen molar-refractivity contribution in [3.8, 4) is 0 Å². The molecule has 2 heterocycles. The third-order valence-electron chi connectivity index (χ3n) is 5.18. The Hall–Kier alpha value is -2.06. The van der Waals surface area contributed by atoms with Gasteiger partial charge in [0.25, 0.3) is 0 Å². The van der Waals surface area contributed by atoms with Crippen LogP contribution < -0.4 is 16.0 Å². The Bertz CT molecular complexity index is 789. The summed E-state index contributed by atoms with van der Waals surface area (Å²) in [6.07, 6.45) is 7.95. The Morgan fingerprint density at radius 1 is 1.32 bits per heavy atom. The lowest BCUT2D eigenvalue weighted by Gasteiger charge is -2.23. The van der Waals surface area contributed by atoms with Crippen LogP contribution in [0.4, 0.5) is 16.8 Å². The highest BCUT2D eigenvalue weighted by molar-refractivity contribution is 7.15. The number of carbonyl (C=O) groups is 1. The summed E-state index contributed by atoms with van der Waals surface area (Å²) < 4.78 is 0. The second kappa shape index (κ2) is 9.93. The maximum atomic E-state index is 11.9. The smallest absolute Gasteiger partial charge is 0.188 e. The van der Waals surface area contributed by atoms with Gasteiger partial charge in [-0.2, -0.15) is 0 Å². The Morgan fingerprint density at radius 3 is 2.79 bits per heavy atom. The van der Waals surface area contributed by atoms with Crippen molar-refractivity contribution in [2.75, 3.05) is 24.2 Å². The van der Waals surface area contributed by atoms with Gasteiger partial charge in [0, 0.05) is 36.5 Å². The van der Waals surface area contributed by atoms with Gasteiger partial charge in [0.2, 0.25) is 0 Å². The number of hydrogen-bond acceptors (Lipinski definition) is 8. The summed E-state index contributed by atoms with van der Waals surface area (Å²) in [7, 11) is 1.81. The molecule has 1 saturated carbocycles. The van der Waals surface area contributed by atoms with Gasteiger partial charge < -0.3 is 16.0 Å². The van der Waals surface area contributed by atoms with E-state index in [-0.39, 0.29) is 11.8 Å². The van der Waals surface area contributed by atoms with E-state index in [0.717, 1.165) is 35.4 Å². The zero-order valence-corrected chi connectivity index (χ0v) is 17.7. The molecule has 0 radical (unpaired) electrons. The molecular weight excluding hydrogens is 372 g/mol. The highest BCUT2D eigenvalue weighted by Crippen LogP contribution is 2.40. The van der Waals surface area contributed by atoms with Crippen LogP contribution in [0.3, 0.4) is 0 Å². The molecule has 1 atom stereocenters. The summed E-state index contributed by atoms with van der Waals surface area (Å²) >= 11 is 1.71. The van der Waals surface area contributed by atoms with E-state index in [2.05, 4.69) is 30.9 Å². The van der Waals surface area contributed by atoms with Crippen LogP contribution >= 0.6 is 11.3 Å². The standard InChI is InChI=1S/C20H30N6OS/c1-4-17-24-18(22-10-6-9-15(27)13(2)21-3)11-19(25-17)26-20-23-12-16(28-20)14-7-5-8-14/h11-14,21H,4-10H2,1-3H3,(H2,22,23,24,25,26)/t13-/m0/s1. The van der Waals surface area contributed by atoms with Gasteiger partial charge in [-0.15, -0.1) is 11.3 Å². The highest BCUT2D eigenvalue weighted by atomic mass is 32.1. The summed E-state index contributed by atoms with van der Waals surface area (Å²) in [5, 5.41) is 10.5. The Labute approximate surface area is 170 Å². The number of aromatic nitrogens is 3. The van der Waals surface area contributed by atoms with E-state index in [1.54, 1.807) is 18.4 Å². The minimum absolute atomic E-state index is 0.0929. The molecule has 7 nitrogen and oxygen atoms in total. The third-order valence-corrected chi connectivity index (χ3v) is 6.25. The average molecular weight is 403 g/mol. The van der Waals surface area contributed by atoms with Crippen molar-refractivity contribution in [2.24, 2.45) is 0 Å². The van der Waals surface area contributed by atoms with Gasteiger partial charge in [-0.1, -0.05) is 13.3 Å². The van der Waals surface area contributed by atoms with Crippen molar-refractivity contribution < 1.29 is 4.79 Å². The van der Waals surface area contributed by atoms with E-state index in [1.165, 1.54) is 24.1 Å². The SMILES string of the molecule is CCc1nc(NCCCC(=O)[C@H](C)NC)cc(Nc2ncc(C3CCC3)s2)n1. The summed E-state index contributed by atoms with van der Waals surface area (Å²) in [6, 6.07) is 1.81. The van der Waals surface area contributed by atoms with Crippen LogP contribution in [0.5, 0.6) is 0 Å². The molecule has 0 amide bonds. The minimum Gasteiger partial charge on any atom is -0.370 e. The first-order chi connectivity index (χ1) is 13.6. The molecule has 152 valence electrons. The van der Waals surface area contributed by atoms with E-state index >= 15 is 0 Å². The number of aryl methyl sites for hydroxylation is 1. The molecule has 3 rings (SSSR count). The molecule has 0 aliphatic heterocycles. The van der Waals surface area contributed by atoms with Crippen molar-refractivity contribution in [3.63, 3.8) is 0 Å². The van der Waals surface area contributed by atoms with Crippen molar-refractivity contribution in [2.45, 2.75) is 64.3 Å². The van der Waals surface area contributed by atoms with Crippen molar-refractivity contribution in [1.29, 1.82) is 0 Å². The van der Waals surface area contributed by atoms with Gasteiger partial charge in [0.1, 0.15) is 23.2 Å². The largest absolute Gasteiger partial charge is 0.370 e. The first-order valence-corrected chi connectivity index (χ1v) is 10.9. The lowest BCUT2D eigenvalue weighted by atomic mass is 9.85. The highest BCUT2D eigenvalue weighted by Gasteiger charge is 2.21. The number of thiazole rings is 1. The predicted octanol–water partition coefficient (Wildman–Crippen LogP) is 3.88. The average Bonchev–Trinajstić information content (AvgIpc) is 3.10. The fourth-order valence-electron chi connectivity index (χ4n) is 3.00. The maximum absolute atomic E-state index is 11.9. The number of hydrogen-bond donors (Lipinski definition) is 3. The van der Waals surface area contributed by atoms with Crippen molar-refractivity contribution in [1.82, 2.24) is 20.3 Å². The van der Waals surface area contributed by atoms with Crippen LogP contribution in [0.1, 0.15) is 62.6 Å². The second-order valence-electron chi connectivity index (χ2n) is 7.24. The Balaban J connectivity index is 1.57. The number of ketones is 1. The van der Waals surface area contributed by atoms with Crippen LogP contribution in [0.25, 0.3) is 0 Å². The number of anilines is 3. The van der Waals surface area contributed by atoms with Crippen LogP contribution in [-0.2, 0) is 11.2 Å². The molecule has 0 unspecified atom stereocenters. The number of carbonyl (C=O) groups excluding carboxylic acids is 1. The van der Waals surface area contributed by atoms with E-state index in [1.807, 2.05) is 26.1 Å². The molecule has 28 heavy (non-hydrogen) atoms. The van der Waals surface area contributed by atoms with E-state index in [0.29, 0.717) is 18.9 Å². The molecular formula is C20H30N6OS. The van der Waals surface area contributed by atoms with Gasteiger partial charge in [-0.25, -0.2) is 15.0 Å². The topological polar surface area (TPSA) is 91.8 Å². The number of nitrogens with zero attached hydrogens (tertiary/aromatic N) is 3. The molecule has 1 aliphatic rings. The van der Waals surface area contributed by atoms with E-state index < -0.39 is 0 Å². The molecule has 0 bridgehead atoms. The Kier molecular flexibility index (Phi) is 7.33. The van der Waals surface area contributed by atoms with E-state index in [9.17, 15) is 4.79 Å². The number of likely N-dealkylation sites (N-methyl/N-ethyl adjacent to an activating group) is 1. The van der Waals surface area contributed by atoms with Crippen molar-refractivity contribution in [3.05, 3.63) is 23.0 Å². The molecule has 8 heteroatoms. The van der Waals surface area contributed by atoms with Gasteiger partial charge in [-0.05, 0) is 39.2 Å². The van der Waals surface area contributed by atoms with Gasteiger partial charge in [-0.3, -0.25) is 4.79 Å². The lowest BCUT2D eigenvalue weighted by molar-refractivity contribution is -0.120. The predicted molar refractivity (Wildman–Crippen MR) is 115 cm³/mol. The molecule has 0 aromatic carbocycles. The fraction of sp³-hybridized carbons (Fsp3) is 0.600. The summed E-state index contributed by atoms with van der Waals surface area (Å²) in [5.41, 5.74) is 0. The van der Waals surface area contributed by atoms with Crippen molar-refractivity contribution >= 4 is 33.9 Å². The molecule has 2 aromatic rings. The number of Topliss-reactive ketones (excluding diaryl/α,β-unsaturated/α-hetero) is 1. The van der Waals surface area contributed by atoms with Gasteiger partial charge >= 0.3 is 0 Å². The molecule has 3 N–H and O–H groups in total. The first kappa shape index (κ1) is 20.7. The second-order valence-corrected chi connectivity index (χ2v) is 8.30. The first-order valence-electron chi connectivity index (χ1n) is 10.1. The lowest BCUT2D eigenvalue weighted by Crippen LogP contribution is -2.30. The van der Waals surface area contributed by atoms with Crippen LogP contribution in [0.15, 0.2) is 12.3 Å². The monoisotopic (exact) mass is 402 g/mol. The number of nitrogens with one attached hydrogen (secondary N) is 3. The van der Waals surface area contributed by atoms with E-state index in [4.69, 9.17) is 0 Å². The van der Waals surface area contributed by atoms with Crippen LogP contribution in [0.2, 0.25) is 0 Å². The molecule has 1 aliphatic carbocycles. The van der Waals surface area contributed by atoms with Crippen LogP contribution in [0, 0.1) is 0 Å². The maximum Gasteiger partial charge on any atom is 0.188 e.